The van der Waals surface area contributed by atoms with Crippen LogP contribution in [0.2, 0.25) is 0 Å². The van der Waals surface area contributed by atoms with Gasteiger partial charge in [-0.25, -0.2) is 0 Å². The fourth-order valence-corrected chi connectivity index (χ4v) is 0.278. The van der Waals surface area contributed by atoms with Crippen LogP contribution in [0.3, 0.4) is 0 Å². The van der Waals surface area contributed by atoms with Crippen LogP contribution in [-0.4, -0.2) is 4.98 Å². The number of nitrogens with one attached hydrogen (secondary N) is 1. The number of aromatic nitrogens is 1. The van der Waals surface area contributed by atoms with Crippen molar-refractivity contribution in [2.75, 3.05) is 0 Å². The minimum Gasteiger partial charge on any atom is -0.822 e. The molecule has 1 aromatic heterocycles. The van der Waals surface area contributed by atoms with Gasteiger partial charge >= 0.3 is 88.7 Å². The van der Waals surface area contributed by atoms with Crippen molar-refractivity contribution >= 4 is 7.82 Å². The average molecular weight is 231 g/mol. The van der Waals surface area contributed by atoms with Gasteiger partial charge in [0.25, 0.3) is 0 Å². The molecule has 0 spiro atoms. The van der Waals surface area contributed by atoms with Gasteiger partial charge in [-0.2, -0.15) is 7.82 Å². The maximum absolute atomic E-state index is 8.55. The molecule has 5 nitrogen and oxygen atoms in total. The summed E-state index contributed by atoms with van der Waals surface area (Å²) >= 11 is 0. The van der Waals surface area contributed by atoms with Crippen LogP contribution in [0.4, 0.5) is 0 Å². The van der Waals surface area contributed by atoms with Gasteiger partial charge in [-0.3, -0.25) is 0 Å². The van der Waals surface area contributed by atoms with Crippen molar-refractivity contribution in [1.82, 2.24) is 4.98 Å². The summed E-state index contributed by atoms with van der Waals surface area (Å²) in [7, 11) is -5.39. The number of phosphoric acid groups is 1. The molecular formula is C4H5NNa3O4P. The molecule has 0 fully saturated rings. The Kier molecular flexibility index (Phi) is 27.2. The summed E-state index contributed by atoms with van der Waals surface area (Å²) in [5.41, 5.74) is 0. The summed E-state index contributed by atoms with van der Waals surface area (Å²) in [6.45, 7) is 0. The molecule has 0 aromatic carbocycles. The van der Waals surface area contributed by atoms with E-state index in [1.54, 1.807) is 0 Å². The first kappa shape index (κ1) is 24.6. The first-order valence-electron chi connectivity index (χ1n) is 2.31. The zero-order valence-electron chi connectivity index (χ0n) is 7.89. The molecule has 58 valence electrons. The van der Waals surface area contributed by atoms with Gasteiger partial charge in [0.2, 0.25) is 0 Å². The number of hydrogen-bond donors (Lipinski definition) is 1. The molecule has 1 rings (SSSR count). The molecule has 13 heavy (non-hydrogen) atoms. The summed E-state index contributed by atoms with van der Waals surface area (Å²) in [6.07, 6.45) is 3.75. The van der Waals surface area contributed by atoms with Gasteiger partial charge in [0.1, 0.15) is 0 Å². The Morgan fingerprint density at radius 1 is 0.923 bits per heavy atom. The molecule has 9 heteroatoms. The van der Waals surface area contributed by atoms with Crippen LogP contribution in [0.15, 0.2) is 24.5 Å². The largest absolute Gasteiger partial charge is 1.00 e. The second kappa shape index (κ2) is 14.4. The SMILES string of the molecule is O=P([O-])([O-])[O-].[Na+].[Na+].[Na+].c1cc[nH]c1. The summed E-state index contributed by atoms with van der Waals surface area (Å²) in [5, 5.41) is 0. The van der Waals surface area contributed by atoms with Crippen molar-refractivity contribution in [2.45, 2.75) is 0 Å². The van der Waals surface area contributed by atoms with Crippen molar-refractivity contribution in [1.29, 1.82) is 0 Å². The van der Waals surface area contributed by atoms with Crippen LogP contribution < -0.4 is 103 Å². The smallest absolute Gasteiger partial charge is 0.822 e. The maximum Gasteiger partial charge on any atom is 1.00 e. The molecule has 0 saturated carbocycles. The van der Waals surface area contributed by atoms with Crippen LogP contribution in [-0.2, 0) is 4.57 Å². The van der Waals surface area contributed by atoms with E-state index in [2.05, 4.69) is 4.98 Å². The van der Waals surface area contributed by atoms with Gasteiger partial charge < -0.3 is 24.2 Å². The third-order valence-electron chi connectivity index (χ3n) is 0.496. The van der Waals surface area contributed by atoms with Gasteiger partial charge in [0.05, 0.1) is 0 Å². The number of rotatable bonds is 0. The standard InChI is InChI=1S/C4H5N.3Na.H3O4P/c1-2-4-5-3-1;;;;1-5(2,3)4/h1-5H;;;;(H3,1,2,3,4)/q;3*+1;/p-3. The number of H-pyrrole nitrogens is 1. The van der Waals surface area contributed by atoms with Crippen LogP contribution in [0.1, 0.15) is 0 Å². The Hall–Kier alpha value is 2.39. The van der Waals surface area contributed by atoms with Gasteiger partial charge in [0, 0.05) is 12.4 Å². The summed E-state index contributed by atoms with van der Waals surface area (Å²) in [6, 6.07) is 3.89. The summed E-state index contributed by atoms with van der Waals surface area (Å²) in [5.74, 6) is 0. The van der Waals surface area contributed by atoms with Crippen molar-refractivity contribution in [2.24, 2.45) is 0 Å². The van der Waals surface area contributed by atoms with Crippen molar-refractivity contribution in [3.63, 3.8) is 0 Å². The van der Waals surface area contributed by atoms with E-state index in [-0.39, 0.29) is 88.7 Å². The van der Waals surface area contributed by atoms with Crippen LogP contribution in [0.25, 0.3) is 0 Å². The van der Waals surface area contributed by atoms with E-state index in [0.29, 0.717) is 0 Å². The van der Waals surface area contributed by atoms with Gasteiger partial charge in [0.15, 0.2) is 0 Å². The Bertz CT molecular complexity index is 176. The molecule has 0 bridgehead atoms. The van der Waals surface area contributed by atoms with E-state index in [1.807, 2.05) is 24.5 Å². The van der Waals surface area contributed by atoms with Crippen LogP contribution >= 0.6 is 7.82 Å². The fraction of sp³-hybridized carbons (Fsp3) is 0. The van der Waals surface area contributed by atoms with E-state index >= 15 is 0 Å². The van der Waals surface area contributed by atoms with E-state index in [4.69, 9.17) is 19.2 Å². The topological polar surface area (TPSA) is 102 Å². The first-order chi connectivity index (χ1) is 4.50. The monoisotopic (exact) mass is 231 g/mol. The molecule has 1 heterocycles. The molecule has 1 aromatic rings. The third-order valence-corrected chi connectivity index (χ3v) is 0.496. The summed E-state index contributed by atoms with van der Waals surface area (Å²) in [4.78, 5) is 28.5. The zero-order chi connectivity index (χ0) is 8.04. The van der Waals surface area contributed by atoms with Gasteiger partial charge in [-0.05, 0) is 12.1 Å². The molecule has 0 saturated heterocycles. The molecule has 0 aliphatic carbocycles. The Morgan fingerprint density at radius 2 is 1.15 bits per heavy atom. The summed E-state index contributed by atoms with van der Waals surface area (Å²) < 4.78 is 8.55. The molecule has 0 unspecified atom stereocenters. The van der Waals surface area contributed by atoms with E-state index < -0.39 is 7.82 Å². The fourth-order valence-electron chi connectivity index (χ4n) is 0.278. The molecule has 0 radical (unpaired) electrons. The molecule has 0 aliphatic heterocycles. The Balaban J connectivity index is -0.0000000506. The predicted molar refractivity (Wildman–Crippen MR) is 28.4 cm³/mol. The first-order valence-corrected chi connectivity index (χ1v) is 3.77. The molecular weight excluding hydrogens is 226 g/mol. The molecule has 0 atom stereocenters. The van der Waals surface area contributed by atoms with Crippen molar-refractivity contribution in [3.05, 3.63) is 24.5 Å². The van der Waals surface area contributed by atoms with E-state index in [9.17, 15) is 0 Å². The van der Waals surface area contributed by atoms with E-state index in [0.717, 1.165) is 0 Å². The third kappa shape index (κ3) is 40.4. The van der Waals surface area contributed by atoms with E-state index in [1.165, 1.54) is 0 Å². The Morgan fingerprint density at radius 3 is 1.23 bits per heavy atom. The average Bonchev–Trinajstić information content (AvgIpc) is 2.07. The minimum absolute atomic E-state index is 0. The molecule has 0 amide bonds. The van der Waals surface area contributed by atoms with Crippen LogP contribution in [0.5, 0.6) is 0 Å². The number of hydrogen-bond acceptors (Lipinski definition) is 4. The van der Waals surface area contributed by atoms with Gasteiger partial charge in [-0.15, -0.1) is 0 Å². The van der Waals surface area contributed by atoms with Gasteiger partial charge in [-0.1, -0.05) is 0 Å². The molecule has 1 N–H and O–H groups in total. The Labute approximate surface area is 143 Å². The predicted octanol–water partition coefficient (Wildman–Crippen LogP) is -10.8. The quantitative estimate of drug-likeness (QED) is 0.353. The zero-order valence-corrected chi connectivity index (χ0v) is 14.8. The molecule has 0 aliphatic rings. The van der Waals surface area contributed by atoms with Crippen molar-refractivity contribution < 1.29 is 108 Å². The van der Waals surface area contributed by atoms with Crippen molar-refractivity contribution in [3.8, 4) is 0 Å². The minimum atomic E-state index is -5.39. The maximum atomic E-state index is 8.55. The van der Waals surface area contributed by atoms with Crippen LogP contribution in [0, 0.1) is 0 Å². The normalized spacial score (nSPS) is 7.62. The number of aromatic amines is 1. The second-order valence-corrected chi connectivity index (χ2v) is 2.23. The second-order valence-electron chi connectivity index (χ2n) is 1.33.